The van der Waals surface area contributed by atoms with Crippen molar-refractivity contribution in [3.05, 3.63) is 34.4 Å². The van der Waals surface area contributed by atoms with Crippen LogP contribution >= 0.6 is 0 Å². The number of carbonyl (C=O) groups is 1. The van der Waals surface area contributed by atoms with Crippen LogP contribution in [0.3, 0.4) is 0 Å². The number of fused-ring (bicyclic) bond motifs is 1. The molecule has 17 heavy (non-hydrogen) atoms. The van der Waals surface area contributed by atoms with E-state index in [1.165, 1.54) is 22.7 Å². The maximum absolute atomic E-state index is 12.2. The van der Waals surface area contributed by atoms with E-state index in [2.05, 4.69) is 45.6 Å². The topological polar surface area (TPSA) is 17.1 Å². The number of benzene rings is 1. The van der Waals surface area contributed by atoms with E-state index in [4.69, 9.17) is 0 Å². The van der Waals surface area contributed by atoms with Crippen LogP contribution in [0.4, 0.5) is 0 Å². The third kappa shape index (κ3) is 2.37. The molecule has 0 fully saturated rings. The third-order valence-electron chi connectivity index (χ3n) is 3.78. The summed E-state index contributed by atoms with van der Waals surface area (Å²) in [5.41, 5.74) is 4.80. The number of Topliss-reactive ketones (excluding diaryl/α,β-unsaturated/α-hetero) is 1. The SMILES string of the molecule is Cc1ccc2c(c1C)C(=O)CC2C[Si](C)(C)C. The number of hydrogen-bond donors (Lipinski definition) is 0. The summed E-state index contributed by atoms with van der Waals surface area (Å²) in [6.45, 7) is 11.3. The average molecular weight is 246 g/mol. The summed E-state index contributed by atoms with van der Waals surface area (Å²) < 4.78 is 0. The first-order valence-electron chi connectivity index (χ1n) is 6.43. The summed E-state index contributed by atoms with van der Waals surface area (Å²) in [5, 5.41) is 0. The van der Waals surface area contributed by atoms with Crippen molar-refractivity contribution in [2.45, 2.75) is 51.9 Å². The van der Waals surface area contributed by atoms with Crippen molar-refractivity contribution < 1.29 is 4.79 Å². The minimum absolute atomic E-state index is 0.365. The van der Waals surface area contributed by atoms with Gasteiger partial charge >= 0.3 is 0 Å². The van der Waals surface area contributed by atoms with Crippen molar-refractivity contribution in [1.29, 1.82) is 0 Å². The van der Waals surface area contributed by atoms with Crippen molar-refractivity contribution in [2.24, 2.45) is 0 Å². The molecule has 1 aromatic rings. The van der Waals surface area contributed by atoms with E-state index < -0.39 is 8.07 Å². The molecule has 1 unspecified atom stereocenters. The van der Waals surface area contributed by atoms with E-state index in [9.17, 15) is 4.79 Å². The highest BCUT2D eigenvalue weighted by Crippen LogP contribution is 2.40. The Morgan fingerprint density at radius 2 is 1.88 bits per heavy atom. The van der Waals surface area contributed by atoms with Gasteiger partial charge in [-0.25, -0.2) is 0 Å². The van der Waals surface area contributed by atoms with Gasteiger partial charge in [0.15, 0.2) is 5.78 Å². The lowest BCUT2D eigenvalue weighted by Crippen LogP contribution is -2.22. The van der Waals surface area contributed by atoms with Gasteiger partial charge in [0, 0.05) is 20.1 Å². The van der Waals surface area contributed by atoms with Gasteiger partial charge in [0.2, 0.25) is 0 Å². The molecule has 0 radical (unpaired) electrons. The predicted molar refractivity (Wildman–Crippen MR) is 75.8 cm³/mol. The highest BCUT2D eigenvalue weighted by Gasteiger charge is 2.33. The molecular formula is C15H22OSi. The van der Waals surface area contributed by atoms with Crippen molar-refractivity contribution in [2.75, 3.05) is 0 Å². The van der Waals surface area contributed by atoms with Crippen LogP contribution in [0.25, 0.3) is 0 Å². The Labute approximate surface area is 105 Å². The maximum atomic E-state index is 12.2. The number of ketones is 1. The van der Waals surface area contributed by atoms with Crippen LogP contribution in [0.2, 0.25) is 25.7 Å². The fraction of sp³-hybridized carbons (Fsp3) is 0.533. The molecule has 1 aromatic carbocycles. The smallest absolute Gasteiger partial charge is 0.164 e. The van der Waals surface area contributed by atoms with Crippen LogP contribution in [-0.4, -0.2) is 13.9 Å². The molecule has 0 amide bonds. The summed E-state index contributed by atoms with van der Waals surface area (Å²) in [7, 11) is -1.10. The Morgan fingerprint density at radius 1 is 1.24 bits per heavy atom. The standard InChI is InChI=1S/C15H22OSi/c1-10-6-7-13-12(9-17(3,4)5)8-14(16)15(13)11(10)2/h6-7,12H,8-9H2,1-5H3. The van der Waals surface area contributed by atoms with Crippen LogP contribution in [0.15, 0.2) is 12.1 Å². The molecule has 2 heteroatoms. The van der Waals surface area contributed by atoms with Crippen LogP contribution in [0.5, 0.6) is 0 Å². The number of carbonyl (C=O) groups excluding carboxylic acids is 1. The molecule has 92 valence electrons. The molecule has 0 bridgehead atoms. The van der Waals surface area contributed by atoms with Crippen molar-refractivity contribution in [3.63, 3.8) is 0 Å². The fourth-order valence-corrected chi connectivity index (χ4v) is 4.75. The Kier molecular flexibility index (Phi) is 3.02. The molecule has 0 N–H and O–H groups in total. The van der Waals surface area contributed by atoms with E-state index in [-0.39, 0.29) is 0 Å². The minimum atomic E-state index is -1.10. The molecule has 1 nitrogen and oxygen atoms in total. The normalized spacial score (nSPS) is 19.6. The van der Waals surface area contributed by atoms with E-state index in [0.717, 1.165) is 12.0 Å². The highest BCUT2D eigenvalue weighted by molar-refractivity contribution is 6.76. The molecule has 0 heterocycles. The van der Waals surface area contributed by atoms with E-state index in [1.807, 2.05) is 0 Å². The Balaban J connectivity index is 2.42. The van der Waals surface area contributed by atoms with E-state index in [0.29, 0.717) is 11.7 Å². The van der Waals surface area contributed by atoms with Gasteiger partial charge < -0.3 is 0 Å². The van der Waals surface area contributed by atoms with Gasteiger partial charge in [-0.3, -0.25) is 4.79 Å². The van der Waals surface area contributed by atoms with Crippen LogP contribution in [-0.2, 0) is 0 Å². The number of rotatable bonds is 2. The zero-order chi connectivity index (χ0) is 12.8. The van der Waals surface area contributed by atoms with Gasteiger partial charge in [0.25, 0.3) is 0 Å². The Hall–Kier alpha value is -0.893. The van der Waals surface area contributed by atoms with Crippen molar-refractivity contribution >= 4 is 13.9 Å². The lowest BCUT2D eigenvalue weighted by atomic mass is 9.97. The molecule has 1 aliphatic rings. The zero-order valence-corrected chi connectivity index (χ0v) is 12.6. The molecule has 0 saturated carbocycles. The molecule has 0 aliphatic heterocycles. The monoisotopic (exact) mass is 246 g/mol. The summed E-state index contributed by atoms with van der Waals surface area (Å²) >= 11 is 0. The summed E-state index contributed by atoms with van der Waals surface area (Å²) in [6, 6.07) is 5.59. The molecule has 1 aliphatic carbocycles. The third-order valence-corrected chi connectivity index (χ3v) is 5.49. The van der Waals surface area contributed by atoms with Crippen LogP contribution in [0, 0.1) is 13.8 Å². The minimum Gasteiger partial charge on any atom is -0.294 e. The van der Waals surface area contributed by atoms with E-state index >= 15 is 0 Å². The molecule has 0 saturated heterocycles. The second-order valence-corrected chi connectivity index (χ2v) is 12.1. The highest BCUT2D eigenvalue weighted by atomic mass is 28.3. The van der Waals surface area contributed by atoms with Crippen molar-refractivity contribution in [1.82, 2.24) is 0 Å². The molecular weight excluding hydrogens is 224 g/mol. The summed E-state index contributed by atoms with van der Waals surface area (Å²) in [6.07, 6.45) is 0.740. The fourth-order valence-electron chi connectivity index (χ4n) is 2.90. The summed E-state index contributed by atoms with van der Waals surface area (Å²) in [4.78, 5) is 12.2. The lowest BCUT2D eigenvalue weighted by Gasteiger charge is -2.21. The largest absolute Gasteiger partial charge is 0.294 e. The van der Waals surface area contributed by atoms with Gasteiger partial charge in [-0.1, -0.05) is 37.8 Å². The Bertz CT molecular complexity index is 469. The van der Waals surface area contributed by atoms with Crippen LogP contribution < -0.4 is 0 Å². The predicted octanol–water partition coefficient (Wildman–Crippen LogP) is 4.31. The van der Waals surface area contributed by atoms with Gasteiger partial charge in [-0.05, 0) is 36.5 Å². The van der Waals surface area contributed by atoms with Crippen LogP contribution in [0.1, 0.15) is 39.4 Å². The summed E-state index contributed by atoms with van der Waals surface area (Å²) in [5.74, 6) is 0.855. The zero-order valence-electron chi connectivity index (χ0n) is 11.6. The van der Waals surface area contributed by atoms with Gasteiger partial charge in [0.1, 0.15) is 0 Å². The molecule has 1 atom stereocenters. The quantitative estimate of drug-likeness (QED) is 0.711. The number of hydrogen-bond acceptors (Lipinski definition) is 1. The first-order chi connectivity index (χ1) is 7.79. The van der Waals surface area contributed by atoms with Gasteiger partial charge in [-0.2, -0.15) is 0 Å². The molecule has 0 spiro atoms. The van der Waals surface area contributed by atoms with Gasteiger partial charge in [-0.15, -0.1) is 0 Å². The van der Waals surface area contributed by atoms with Gasteiger partial charge in [0.05, 0.1) is 0 Å². The Morgan fingerprint density at radius 3 is 2.47 bits per heavy atom. The molecule has 2 rings (SSSR count). The first-order valence-corrected chi connectivity index (χ1v) is 10.1. The second kappa shape index (κ2) is 4.09. The average Bonchev–Trinajstić information content (AvgIpc) is 2.47. The van der Waals surface area contributed by atoms with E-state index in [1.54, 1.807) is 0 Å². The second-order valence-electron chi connectivity index (χ2n) is 6.56. The first kappa shape index (κ1) is 12.6. The maximum Gasteiger partial charge on any atom is 0.164 e. The lowest BCUT2D eigenvalue weighted by molar-refractivity contribution is 0.0989. The molecule has 0 aromatic heterocycles. The van der Waals surface area contributed by atoms with Crippen molar-refractivity contribution in [3.8, 4) is 0 Å². The number of aryl methyl sites for hydroxylation is 1.